The summed E-state index contributed by atoms with van der Waals surface area (Å²) in [4.78, 5) is 56.7. The molecule has 0 aromatic heterocycles. The third-order valence-corrected chi connectivity index (χ3v) is 7.37. The first kappa shape index (κ1) is 28.9. The van der Waals surface area contributed by atoms with Crippen LogP contribution in [-0.4, -0.2) is 78.0 Å². The molecule has 9 nitrogen and oxygen atoms in total. The highest BCUT2D eigenvalue weighted by atomic mass is 16.6. The largest absolute Gasteiger partial charge is 0.463 e. The van der Waals surface area contributed by atoms with Gasteiger partial charge in [-0.2, -0.15) is 0 Å². The number of aryl methyl sites for hydroxylation is 1. The third kappa shape index (κ3) is 6.35. The van der Waals surface area contributed by atoms with Gasteiger partial charge in [-0.15, -0.1) is 0 Å². The van der Waals surface area contributed by atoms with Gasteiger partial charge >= 0.3 is 12.1 Å². The van der Waals surface area contributed by atoms with Crippen molar-refractivity contribution in [3.05, 3.63) is 82.1 Å². The molecule has 0 radical (unpaired) electrons. The summed E-state index contributed by atoms with van der Waals surface area (Å²) < 4.78 is 10.5. The molecule has 9 heteroatoms. The fraction of sp³-hybridized carbons (Fsp3) is 0.419. The molecule has 0 saturated carbocycles. The standard InChI is InChI=1S/C31H37N3O6/c1-5-39-30(37)28-22(4)34(27(35)19-26(28)24-11-7-9-21(3)17-24)20-23-10-8-12-25(18-23)29(36)32-13-15-33(16-14-32)31(38)40-6-2/h7-12,17-18,26H,5-6,13-16,19-20H2,1-4H3. The average Bonchev–Trinajstić information content (AvgIpc) is 2.95. The molecular weight excluding hydrogens is 510 g/mol. The van der Waals surface area contributed by atoms with Crippen molar-refractivity contribution in [2.75, 3.05) is 39.4 Å². The van der Waals surface area contributed by atoms with Gasteiger partial charge in [0.25, 0.3) is 5.91 Å². The van der Waals surface area contributed by atoms with Crippen LogP contribution >= 0.6 is 0 Å². The zero-order valence-corrected chi connectivity index (χ0v) is 23.6. The number of rotatable bonds is 7. The van der Waals surface area contributed by atoms with Crippen LogP contribution in [0.1, 0.15) is 60.2 Å². The summed E-state index contributed by atoms with van der Waals surface area (Å²) in [5, 5.41) is 0. The Balaban J connectivity index is 1.54. The van der Waals surface area contributed by atoms with Crippen molar-refractivity contribution in [2.24, 2.45) is 0 Å². The molecule has 1 atom stereocenters. The van der Waals surface area contributed by atoms with E-state index in [4.69, 9.17) is 9.47 Å². The second-order valence-electron chi connectivity index (χ2n) is 10.0. The van der Waals surface area contributed by atoms with Crippen molar-refractivity contribution in [1.29, 1.82) is 0 Å². The number of carbonyl (C=O) groups excluding carboxylic acids is 4. The Morgan fingerprint density at radius 1 is 0.875 bits per heavy atom. The number of ether oxygens (including phenoxy) is 2. The van der Waals surface area contributed by atoms with Gasteiger partial charge in [-0.05, 0) is 51.0 Å². The minimum atomic E-state index is -0.421. The Morgan fingerprint density at radius 3 is 2.23 bits per heavy atom. The number of benzene rings is 2. The average molecular weight is 548 g/mol. The Morgan fingerprint density at radius 2 is 1.55 bits per heavy atom. The number of piperazine rings is 1. The van der Waals surface area contributed by atoms with Gasteiger partial charge in [-0.3, -0.25) is 9.59 Å². The van der Waals surface area contributed by atoms with Crippen LogP contribution in [0.4, 0.5) is 4.79 Å². The summed E-state index contributed by atoms with van der Waals surface area (Å²) in [7, 11) is 0. The molecule has 2 aliphatic heterocycles. The van der Waals surface area contributed by atoms with Crippen molar-refractivity contribution in [3.63, 3.8) is 0 Å². The van der Waals surface area contributed by atoms with E-state index in [-0.39, 0.29) is 43.4 Å². The van der Waals surface area contributed by atoms with Crippen LogP contribution in [0.2, 0.25) is 0 Å². The summed E-state index contributed by atoms with van der Waals surface area (Å²) in [6.45, 7) is 9.72. The van der Waals surface area contributed by atoms with Crippen LogP contribution in [-0.2, 0) is 25.6 Å². The molecule has 3 amide bonds. The quantitative estimate of drug-likeness (QED) is 0.481. The third-order valence-electron chi connectivity index (χ3n) is 7.37. The van der Waals surface area contributed by atoms with Gasteiger partial charge in [0, 0.05) is 49.8 Å². The highest BCUT2D eigenvalue weighted by molar-refractivity contribution is 5.96. The zero-order chi connectivity index (χ0) is 28.8. The number of hydrogen-bond acceptors (Lipinski definition) is 6. The summed E-state index contributed by atoms with van der Waals surface area (Å²) in [6.07, 6.45) is -0.212. The summed E-state index contributed by atoms with van der Waals surface area (Å²) in [6, 6.07) is 15.1. The number of esters is 1. The van der Waals surface area contributed by atoms with Crippen molar-refractivity contribution in [3.8, 4) is 0 Å². The summed E-state index contributed by atoms with van der Waals surface area (Å²) in [5.74, 6) is -1.03. The second kappa shape index (κ2) is 12.8. The molecule has 1 saturated heterocycles. The SMILES string of the molecule is CCOC(=O)C1=C(C)N(Cc2cccc(C(=O)N3CCN(C(=O)OCC)CC3)c2)C(=O)CC1c1cccc(C)c1. The van der Waals surface area contributed by atoms with Crippen molar-refractivity contribution >= 4 is 23.9 Å². The van der Waals surface area contributed by atoms with Gasteiger partial charge in [-0.25, -0.2) is 9.59 Å². The smallest absolute Gasteiger partial charge is 0.409 e. The predicted molar refractivity (Wildman–Crippen MR) is 149 cm³/mol. The molecule has 0 bridgehead atoms. The van der Waals surface area contributed by atoms with E-state index in [0.717, 1.165) is 16.7 Å². The maximum Gasteiger partial charge on any atom is 0.409 e. The number of hydrogen-bond donors (Lipinski definition) is 0. The fourth-order valence-corrected chi connectivity index (χ4v) is 5.32. The Hall–Kier alpha value is -4.14. The monoisotopic (exact) mass is 547 g/mol. The van der Waals surface area contributed by atoms with E-state index in [1.54, 1.807) is 53.7 Å². The van der Waals surface area contributed by atoms with Crippen LogP contribution < -0.4 is 0 Å². The second-order valence-corrected chi connectivity index (χ2v) is 10.0. The minimum absolute atomic E-state index is 0.0936. The van der Waals surface area contributed by atoms with Crippen LogP contribution in [0.3, 0.4) is 0 Å². The molecule has 2 aliphatic rings. The molecule has 2 aromatic carbocycles. The Bertz CT molecular complexity index is 1310. The van der Waals surface area contributed by atoms with Crippen molar-refractivity contribution < 1.29 is 28.7 Å². The van der Waals surface area contributed by atoms with Gasteiger partial charge in [0.1, 0.15) is 0 Å². The molecule has 0 N–H and O–H groups in total. The highest BCUT2D eigenvalue weighted by Gasteiger charge is 2.37. The summed E-state index contributed by atoms with van der Waals surface area (Å²) >= 11 is 0. The van der Waals surface area contributed by atoms with Gasteiger partial charge in [-0.1, -0.05) is 42.0 Å². The Labute approximate surface area is 235 Å². The molecule has 4 rings (SSSR count). The van der Waals surface area contributed by atoms with Crippen LogP contribution in [0.25, 0.3) is 0 Å². The molecule has 1 fully saturated rings. The van der Waals surface area contributed by atoms with Crippen molar-refractivity contribution in [2.45, 2.75) is 46.6 Å². The van der Waals surface area contributed by atoms with Gasteiger partial charge < -0.3 is 24.2 Å². The molecule has 0 aliphatic carbocycles. The van der Waals surface area contributed by atoms with Crippen LogP contribution in [0, 0.1) is 6.92 Å². The maximum absolute atomic E-state index is 13.4. The normalized spacial score (nSPS) is 17.6. The topological polar surface area (TPSA) is 96.5 Å². The fourth-order valence-electron chi connectivity index (χ4n) is 5.32. The van der Waals surface area contributed by atoms with E-state index in [0.29, 0.717) is 49.6 Å². The molecular formula is C31H37N3O6. The first-order valence-corrected chi connectivity index (χ1v) is 13.8. The lowest BCUT2D eigenvalue weighted by molar-refractivity contribution is -0.140. The molecule has 1 unspecified atom stereocenters. The number of carbonyl (C=O) groups is 4. The number of amides is 3. The van der Waals surface area contributed by atoms with Crippen LogP contribution in [0.15, 0.2) is 59.8 Å². The van der Waals surface area contributed by atoms with E-state index >= 15 is 0 Å². The van der Waals surface area contributed by atoms with Gasteiger partial charge in [0.05, 0.1) is 25.3 Å². The van der Waals surface area contributed by atoms with E-state index in [2.05, 4.69) is 0 Å². The molecule has 2 aromatic rings. The lowest BCUT2D eigenvalue weighted by atomic mass is 9.83. The lowest BCUT2D eigenvalue weighted by Crippen LogP contribution is -2.50. The first-order chi connectivity index (χ1) is 19.2. The predicted octanol–water partition coefficient (Wildman–Crippen LogP) is 4.26. The maximum atomic E-state index is 13.4. The summed E-state index contributed by atoms with van der Waals surface area (Å²) in [5.41, 5.74) is 4.30. The number of allylic oxidation sites excluding steroid dienone is 1. The van der Waals surface area contributed by atoms with E-state index in [1.165, 1.54) is 0 Å². The first-order valence-electron chi connectivity index (χ1n) is 13.8. The van der Waals surface area contributed by atoms with Crippen molar-refractivity contribution in [1.82, 2.24) is 14.7 Å². The molecule has 2 heterocycles. The Kier molecular flexibility index (Phi) is 9.24. The minimum Gasteiger partial charge on any atom is -0.463 e. The van der Waals surface area contributed by atoms with E-state index < -0.39 is 5.97 Å². The molecule has 212 valence electrons. The number of nitrogens with zero attached hydrogens (tertiary/aromatic N) is 3. The van der Waals surface area contributed by atoms with Gasteiger partial charge in [0.2, 0.25) is 5.91 Å². The zero-order valence-electron chi connectivity index (χ0n) is 23.6. The molecule has 0 spiro atoms. The van der Waals surface area contributed by atoms with Gasteiger partial charge in [0.15, 0.2) is 0 Å². The van der Waals surface area contributed by atoms with E-state index in [1.807, 2.05) is 37.3 Å². The highest BCUT2D eigenvalue weighted by Crippen LogP contribution is 2.38. The van der Waals surface area contributed by atoms with Crippen LogP contribution in [0.5, 0.6) is 0 Å². The van der Waals surface area contributed by atoms with E-state index in [9.17, 15) is 19.2 Å². The molecule has 40 heavy (non-hydrogen) atoms. The lowest BCUT2D eigenvalue weighted by Gasteiger charge is -2.35.